The fraction of sp³-hybridized carbons (Fsp3) is 0.179. The average molecular weight is 373 g/mol. The molecule has 1 nitrogen and oxygen atoms in total. The van der Waals surface area contributed by atoms with Gasteiger partial charge in [0.25, 0.3) is 0 Å². The molecule has 0 fully saturated rings. The smallest absolute Gasteiger partial charge is 0.0793 e. The van der Waals surface area contributed by atoms with Gasteiger partial charge < -0.3 is 0 Å². The van der Waals surface area contributed by atoms with Crippen LogP contribution in [0.5, 0.6) is 0 Å². The lowest BCUT2D eigenvalue weighted by molar-refractivity contribution is 0.414. The molecule has 0 bridgehead atoms. The van der Waals surface area contributed by atoms with Crippen LogP contribution in [0.25, 0.3) is 54.0 Å². The molecule has 0 saturated heterocycles. The van der Waals surface area contributed by atoms with E-state index in [1.54, 1.807) is 0 Å². The van der Waals surface area contributed by atoms with Crippen molar-refractivity contribution in [2.24, 2.45) is 5.41 Å². The van der Waals surface area contributed by atoms with Crippen molar-refractivity contribution in [3.05, 3.63) is 78.5 Å². The van der Waals surface area contributed by atoms with Crippen molar-refractivity contribution in [1.29, 1.82) is 0 Å². The minimum absolute atomic E-state index is 0.197. The third-order valence-electron chi connectivity index (χ3n) is 6.16. The van der Waals surface area contributed by atoms with Gasteiger partial charge in [0.15, 0.2) is 0 Å². The van der Waals surface area contributed by atoms with Crippen LogP contribution in [0.15, 0.2) is 72.9 Å². The lowest BCUT2D eigenvalue weighted by Gasteiger charge is -2.23. The van der Waals surface area contributed by atoms with Crippen LogP contribution in [0.2, 0.25) is 0 Å². The molecule has 29 heavy (non-hydrogen) atoms. The van der Waals surface area contributed by atoms with E-state index < -0.39 is 0 Å². The molecule has 0 saturated carbocycles. The van der Waals surface area contributed by atoms with E-state index in [0.29, 0.717) is 0 Å². The van der Waals surface area contributed by atoms with E-state index >= 15 is 0 Å². The molecule has 140 valence electrons. The number of pyridine rings is 1. The summed E-state index contributed by atoms with van der Waals surface area (Å²) in [5.74, 6) is 0. The Hall–Kier alpha value is -3.19. The van der Waals surface area contributed by atoms with Gasteiger partial charge in [0.1, 0.15) is 0 Å². The van der Waals surface area contributed by atoms with Gasteiger partial charge in [-0.05, 0) is 67.2 Å². The molecular formula is C28H23N. The molecule has 0 amide bonds. The second-order valence-corrected chi connectivity index (χ2v) is 9.46. The van der Waals surface area contributed by atoms with Crippen molar-refractivity contribution in [2.45, 2.75) is 27.2 Å². The van der Waals surface area contributed by atoms with E-state index in [1.165, 1.54) is 54.0 Å². The molecule has 0 radical (unpaired) electrons. The van der Waals surface area contributed by atoms with Crippen LogP contribution in [0.1, 0.15) is 26.3 Å². The first-order valence-corrected chi connectivity index (χ1v) is 10.4. The van der Waals surface area contributed by atoms with Gasteiger partial charge in [0, 0.05) is 17.0 Å². The van der Waals surface area contributed by atoms with Gasteiger partial charge in [-0.2, -0.15) is 0 Å². The summed E-state index contributed by atoms with van der Waals surface area (Å²) in [5, 5.41) is 11.9. The Kier molecular flexibility index (Phi) is 3.27. The van der Waals surface area contributed by atoms with E-state index in [1.807, 2.05) is 6.20 Å². The number of aromatic nitrogens is 1. The van der Waals surface area contributed by atoms with Crippen molar-refractivity contribution < 1.29 is 0 Å². The summed E-state index contributed by atoms with van der Waals surface area (Å²) in [5.41, 5.74) is 2.77. The van der Waals surface area contributed by atoms with Crippen LogP contribution in [-0.2, 0) is 6.42 Å². The molecule has 0 atom stereocenters. The van der Waals surface area contributed by atoms with Gasteiger partial charge in [-0.3, -0.25) is 4.98 Å². The standard InChI is InChI=1S/C28H23N/c1-28(2,3)16-23-20-9-5-4-7-19(20)15-22-26(23)21-10-6-8-17-11-12-18-13-14-29-27(22)25(18)24(17)21/h4-15H,16H2,1-3H3. The van der Waals surface area contributed by atoms with Gasteiger partial charge in [0.2, 0.25) is 0 Å². The van der Waals surface area contributed by atoms with Gasteiger partial charge in [-0.25, -0.2) is 0 Å². The summed E-state index contributed by atoms with van der Waals surface area (Å²) in [7, 11) is 0. The highest BCUT2D eigenvalue weighted by atomic mass is 14.7. The highest BCUT2D eigenvalue weighted by Crippen LogP contribution is 2.44. The summed E-state index contributed by atoms with van der Waals surface area (Å²) in [6.07, 6.45) is 2.99. The van der Waals surface area contributed by atoms with Crippen LogP contribution in [0.3, 0.4) is 0 Å². The molecule has 0 spiro atoms. The highest BCUT2D eigenvalue weighted by molar-refractivity contribution is 6.34. The lowest BCUT2D eigenvalue weighted by atomic mass is 9.81. The highest BCUT2D eigenvalue weighted by Gasteiger charge is 2.21. The zero-order chi connectivity index (χ0) is 19.8. The van der Waals surface area contributed by atoms with Crippen molar-refractivity contribution in [2.75, 3.05) is 0 Å². The molecular weight excluding hydrogens is 350 g/mol. The Morgan fingerprint density at radius 1 is 0.655 bits per heavy atom. The number of hydrogen-bond acceptors (Lipinski definition) is 1. The van der Waals surface area contributed by atoms with Crippen molar-refractivity contribution in [3.63, 3.8) is 0 Å². The topological polar surface area (TPSA) is 12.9 Å². The predicted octanol–water partition coefficient (Wildman–Crippen LogP) is 7.87. The van der Waals surface area contributed by atoms with Gasteiger partial charge >= 0.3 is 0 Å². The Labute approximate surface area is 170 Å². The third kappa shape index (κ3) is 2.37. The molecule has 0 N–H and O–H groups in total. The summed E-state index contributed by atoms with van der Waals surface area (Å²) in [6.45, 7) is 6.99. The largest absolute Gasteiger partial charge is 0.256 e. The van der Waals surface area contributed by atoms with E-state index in [9.17, 15) is 0 Å². The first-order chi connectivity index (χ1) is 14.0. The third-order valence-corrected chi connectivity index (χ3v) is 6.16. The maximum Gasteiger partial charge on any atom is 0.0793 e. The summed E-state index contributed by atoms with van der Waals surface area (Å²) in [4.78, 5) is 4.91. The van der Waals surface area contributed by atoms with E-state index in [0.717, 1.165) is 11.9 Å². The summed E-state index contributed by atoms with van der Waals surface area (Å²) in [6, 6.07) is 24.5. The number of rotatable bonds is 1. The number of benzene rings is 5. The molecule has 6 rings (SSSR count). The van der Waals surface area contributed by atoms with Gasteiger partial charge in [-0.1, -0.05) is 75.4 Å². The molecule has 5 aromatic carbocycles. The second-order valence-electron chi connectivity index (χ2n) is 9.46. The quantitative estimate of drug-likeness (QED) is 0.211. The Bertz CT molecular complexity index is 1550. The van der Waals surface area contributed by atoms with Crippen molar-refractivity contribution in [1.82, 2.24) is 4.98 Å². The summed E-state index contributed by atoms with van der Waals surface area (Å²) < 4.78 is 0. The Morgan fingerprint density at radius 3 is 2.21 bits per heavy atom. The predicted molar refractivity (Wildman–Crippen MR) is 126 cm³/mol. The van der Waals surface area contributed by atoms with Crippen molar-refractivity contribution in [3.8, 4) is 0 Å². The normalized spacial score (nSPS) is 12.8. The molecule has 0 aliphatic heterocycles. The minimum atomic E-state index is 0.197. The van der Waals surface area contributed by atoms with Gasteiger partial charge in [0.05, 0.1) is 5.52 Å². The van der Waals surface area contributed by atoms with E-state index in [-0.39, 0.29) is 5.41 Å². The van der Waals surface area contributed by atoms with Crippen LogP contribution in [0.4, 0.5) is 0 Å². The maximum absolute atomic E-state index is 4.91. The lowest BCUT2D eigenvalue weighted by Crippen LogP contribution is -2.10. The Morgan fingerprint density at radius 2 is 1.38 bits per heavy atom. The minimum Gasteiger partial charge on any atom is -0.256 e. The van der Waals surface area contributed by atoms with Crippen LogP contribution < -0.4 is 0 Å². The zero-order valence-electron chi connectivity index (χ0n) is 17.1. The second kappa shape index (κ2) is 5.67. The monoisotopic (exact) mass is 373 g/mol. The first kappa shape index (κ1) is 16.7. The fourth-order valence-corrected chi connectivity index (χ4v) is 5.09. The fourth-order valence-electron chi connectivity index (χ4n) is 5.09. The molecule has 1 heterocycles. The molecule has 0 aliphatic carbocycles. The average Bonchev–Trinajstić information content (AvgIpc) is 2.71. The number of nitrogens with zero attached hydrogens (tertiary/aromatic N) is 1. The SMILES string of the molecule is CC(C)(C)Cc1c2ccccc2cc2c3nccc4ccc5cccc(c12)c5c43. The summed E-state index contributed by atoms with van der Waals surface area (Å²) >= 11 is 0. The van der Waals surface area contributed by atoms with Crippen LogP contribution in [0, 0.1) is 5.41 Å². The van der Waals surface area contributed by atoms with Crippen molar-refractivity contribution >= 4 is 54.0 Å². The number of hydrogen-bond donors (Lipinski definition) is 0. The first-order valence-electron chi connectivity index (χ1n) is 10.4. The molecule has 0 unspecified atom stereocenters. The van der Waals surface area contributed by atoms with Crippen LogP contribution >= 0.6 is 0 Å². The number of fused-ring (bicyclic) bond motifs is 4. The van der Waals surface area contributed by atoms with Gasteiger partial charge in [-0.15, -0.1) is 0 Å². The molecule has 6 aromatic rings. The molecule has 1 aromatic heterocycles. The van der Waals surface area contributed by atoms with E-state index in [2.05, 4.69) is 87.5 Å². The Balaban J connectivity index is 1.98. The van der Waals surface area contributed by atoms with E-state index in [4.69, 9.17) is 4.98 Å². The zero-order valence-corrected chi connectivity index (χ0v) is 17.1. The van der Waals surface area contributed by atoms with Crippen LogP contribution in [-0.4, -0.2) is 4.98 Å². The molecule has 0 aliphatic rings. The molecule has 1 heteroatoms. The maximum atomic E-state index is 4.91.